The molecule has 0 atom stereocenters. The molecule has 228 valence electrons. The molecule has 0 amide bonds. The first kappa shape index (κ1) is 27.0. The summed E-state index contributed by atoms with van der Waals surface area (Å²) in [4.78, 5) is 0. The maximum Gasteiger partial charge on any atom is 0.0159 e. The van der Waals surface area contributed by atoms with Crippen LogP contribution in [-0.4, -0.2) is 0 Å². The second kappa shape index (κ2) is 9.56. The van der Waals surface area contributed by atoms with Gasteiger partial charge in [0.1, 0.15) is 0 Å². The van der Waals surface area contributed by atoms with Crippen LogP contribution in [0.1, 0.15) is 25.0 Å². The van der Waals surface area contributed by atoms with Crippen LogP contribution in [-0.2, 0) is 5.41 Å². The van der Waals surface area contributed by atoms with Gasteiger partial charge in [-0.1, -0.05) is 147 Å². The first-order chi connectivity index (χ1) is 24.1. The Morgan fingerprint density at radius 3 is 1.43 bits per heavy atom. The van der Waals surface area contributed by atoms with Crippen LogP contribution in [0.3, 0.4) is 0 Å². The van der Waals surface area contributed by atoms with E-state index in [2.05, 4.69) is 172 Å². The molecular formula is C49H32. The molecule has 0 aliphatic heterocycles. The van der Waals surface area contributed by atoms with E-state index in [0.29, 0.717) is 0 Å². The Bertz CT molecular complexity index is 2900. The van der Waals surface area contributed by atoms with Crippen molar-refractivity contribution in [1.82, 2.24) is 0 Å². The lowest BCUT2D eigenvalue weighted by atomic mass is 9.78. The molecular weight excluding hydrogens is 589 g/mol. The minimum Gasteiger partial charge on any atom is -0.0619 e. The van der Waals surface area contributed by atoms with E-state index in [-0.39, 0.29) is 5.41 Å². The molecule has 0 N–H and O–H groups in total. The number of fused-ring (bicyclic) bond motifs is 9. The van der Waals surface area contributed by atoms with Crippen molar-refractivity contribution in [2.24, 2.45) is 0 Å². The van der Waals surface area contributed by atoms with E-state index in [9.17, 15) is 0 Å². The van der Waals surface area contributed by atoms with Crippen LogP contribution in [0.25, 0.3) is 98.7 Å². The van der Waals surface area contributed by atoms with Gasteiger partial charge in [-0.05, 0) is 134 Å². The molecule has 0 unspecified atom stereocenters. The summed E-state index contributed by atoms with van der Waals surface area (Å²) in [5.41, 5.74) is 16.0. The zero-order valence-corrected chi connectivity index (χ0v) is 27.5. The fraction of sp³-hybridized carbons (Fsp3) is 0.0612. The van der Waals surface area contributed by atoms with Gasteiger partial charge in [-0.3, -0.25) is 0 Å². The topological polar surface area (TPSA) is 0 Å². The van der Waals surface area contributed by atoms with Crippen molar-refractivity contribution < 1.29 is 0 Å². The second-order valence-electron chi connectivity index (χ2n) is 14.4. The van der Waals surface area contributed by atoms with Crippen LogP contribution in [0.4, 0.5) is 0 Å². The highest BCUT2D eigenvalue weighted by Crippen LogP contribution is 2.60. The smallest absolute Gasteiger partial charge is 0.0159 e. The molecule has 0 saturated heterocycles. The van der Waals surface area contributed by atoms with Crippen molar-refractivity contribution in [2.45, 2.75) is 19.3 Å². The second-order valence-corrected chi connectivity index (χ2v) is 14.4. The van der Waals surface area contributed by atoms with Gasteiger partial charge in [0.15, 0.2) is 0 Å². The molecule has 0 fully saturated rings. The van der Waals surface area contributed by atoms with E-state index in [1.54, 1.807) is 0 Å². The van der Waals surface area contributed by atoms with E-state index >= 15 is 0 Å². The predicted octanol–water partition coefficient (Wildman–Crippen LogP) is 13.6. The van der Waals surface area contributed by atoms with Crippen molar-refractivity contribution in [2.75, 3.05) is 0 Å². The number of benzene rings is 9. The molecule has 0 radical (unpaired) electrons. The number of rotatable bonds is 2. The summed E-state index contributed by atoms with van der Waals surface area (Å²) < 4.78 is 0. The van der Waals surface area contributed by atoms with Gasteiger partial charge in [0.05, 0.1) is 0 Å². The Morgan fingerprint density at radius 2 is 0.816 bits per heavy atom. The number of hydrogen-bond acceptors (Lipinski definition) is 0. The zero-order chi connectivity index (χ0) is 32.4. The number of hydrogen-bond donors (Lipinski definition) is 0. The molecule has 0 heteroatoms. The monoisotopic (exact) mass is 620 g/mol. The highest BCUT2D eigenvalue weighted by Gasteiger charge is 2.37. The highest BCUT2D eigenvalue weighted by atomic mass is 14.4. The molecule has 0 spiro atoms. The summed E-state index contributed by atoms with van der Waals surface area (Å²) >= 11 is 0. The van der Waals surface area contributed by atoms with Gasteiger partial charge in [-0.2, -0.15) is 0 Å². The average molecular weight is 621 g/mol. The summed E-state index contributed by atoms with van der Waals surface area (Å²) in [5, 5.41) is 10.4. The third-order valence-electron chi connectivity index (χ3n) is 11.5. The lowest BCUT2D eigenvalue weighted by Gasteiger charge is -2.25. The summed E-state index contributed by atoms with van der Waals surface area (Å²) in [6.45, 7) is 4.79. The van der Waals surface area contributed by atoms with Crippen molar-refractivity contribution in [1.29, 1.82) is 0 Å². The molecule has 2 aliphatic rings. The first-order valence-electron chi connectivity index (χ1n) is 17.4. The van der Waals surface area contributed by atoms with Gasteiger partial charge in [-0.15, -0.1) is 0 Å². The largest absolute Gasteiger partial charge is 0.0619 e. The molecule has 0 nitrogen and oxygen atoms in total. The molecule has 11 rings (SSSR count). The van der Waals surface area contributed by atoms with Crippen molar-refractivity contribution in [3.05, 3.63) is 169 Å². The van der Waals surface area contributed by atoms with Crippen LogP contribution < -0.4 is 0 Å². The van der Waals surface area contributed by atoms with Gasteiger partial charge in [0.25, 0.3) is 0 Å². The Balaban J connectivity index is 1.38. The SMILES string of the molecule is CC1(C)c2ccccc2-c2cc3c(-c4ccc5ccccc5c4)c4c(c(-c5ccc6ccccc6c5)c3cc21)-c1cccc2cccc-4c12. The van der Waals surface area contributed by atoms with Crippen LogP contribution >= 0.6 is 0 Å². The lowest BCUT2D eigenvalue weighted by Crippen LogP contribution is -2.14. The van der Waals surface area contributed by atoms with Gasteiger partial charge >= 0.3 is 0 Å². The minimum atomic E-state index is -0.105. The maximum absolute atomic E-state index is 2.56. The third-order valence-corrected chi connectivity index (χ3v) is 11.5. The molecule has 0 bridgehead atoms. The Kier molecular flexibility index (Phi) is 5.27. The molecule has 9 aromatic carbocycles. The summed E-state index contributed by atoms with van der Waals surface area (Å²) in [6.07, 6.45) is 0. The van der Waals surface area contributed by atoms with Gasteiger partial charge in [0.2, 0.25) is 0 Å². The average Bonchev–Trinajstić information content (AvgIpc) is 3.59. The summed E-state index contributed by atoms with van der Waals surface area (Å²) in [6, 6.07) is 59.5. The molecule has 0 saturated carbocycles. The fourth-order valence-corrected chi connectivity index (χ4v) is 9.27. The fourth-order valence-electron chi connectivity index (χ4n) is 9.27. The first-order valence-corrected chi connectivity index (χ1v) is 17.4. The van der Waals surface area contributed by atoms with Crippen LogP contribution in [0.2, 0.25) is 0 Å². The van der Waals surface area contributed by atoms with Crippen molar-refractivity contribution in [3.63, 3.8) is 0 Å². The Labute approximate surface area is 285 Å². The third kappa shape index (κ3) is 3.58. The van der Waals surface area contributed by atoms with E-state index in [0.717, 1.165) is 0 Å². The van der Waals surface area contributed by atoms with Crippen molar-refractivity contribution >= 4 is 43.1 Å². The standard InChI is InChI=1S/C49H32/c1-49(2)42-20-8-7-17-36(42)39-27-40-41(28-43(39)49)46(35-24-22-30-12-4-6-14-33(30)26-35)48-38-19-10-16-31-15-9-18-37(44(31)38)47(48)45(40)34-23-21-29-11-3-5-13-32(29)25-34/h3-28H,1-2H3. The van der Waals surface area contributed by atoms with E-state index in [1.807, 2.05) is 0 Å². The van der Waals surface area contributed by atoms with Gasteiger partial charge in [-0.25, -0.2) is 0 Å². The van der Waals surface area contributed by atoms with Crippen LogP contribution in [0.15, 0.2) is 158 Å². The van der Waals surface area contributed by atoms with Gasteiger partial charge < -0.3 is 0 Å². The van der Waals surface area contributed by atoms with E-state index < -0.39 is 0 Å². The minimum absolute atomic E-state index is 0.105. The summed E-state index contributed by atoms with van der Waals surface area (Å²) in [7, 11) is 0. The predicted molar refractivity (Wildman–Crippen MR) is 209 cm³/mol. The Hall–Kier alpha value is -5.98. The quantitative estimate of drug-likeness (QED) is 0.180. The molecule has 0 aromatic heterocycles. The van der Waals surface area contributed by atoms with E-state index in [1.165, 1.54) is 110 Å². The molecule has 0 heterocycles. The highest BCUT2D eigenvalue weighted by molar-refractivity contribution is 6.28. The lowest BCUT2D eigenvalue weighted by molar-refractivity contribution is 0.661. The zero-order valence-electron chi connectivity index (χ0n) is 27.5. The Morgan fingerprint density at radius 1 is 0.327 bits per heavy atom. The van der Waals surface area contributed by atoms with Crippen LogP contribution in [0.5, 0.6) is 0 Å². The van der Waals surface area contributed by atoms with E-state index in [4.69, 9.17) is 0 Å². The normalized spacial score (nSPS) is 13.7. The molecule has 9 aromatic rings. The van der Waals surface area contributed by atoms with Crippen LogP contribution in [0, 0.1) is 0 Å². The maximum atomic E-state index is 2.56. The van der Waals surface area contributed by atoms with Crippen molar-refractivity contribution in [3.8, 4) is 55.6 Å². The molecule has 2 aliphatic carbocycles. The van der Waals surface area contributed by atoms with Gasteiger partial charge in [0, 0.05) is 5.41 Å². The molecule has 49 heavy (non-hydrogen) atoms. The summed E-state index contributed by atoms with van der Waals surface area (Å²) in [5.74, 6) is 0.